The normalized spacial score (nSPS) is 11.7. The van der Waals surface area contributed by atoms with E-state index in [0.29, 0.717) is 6.54 Å². The Labute approximate surface area is 124 Å². The van der Waals surface area contributed by atoms with Crippen LogP contribution in [0, 0.1) is 13.8 Å². The van der Waals surface area contributed by atoms with E-state index in [1.807, 2.05) is 25.6 Å². The molecule has 0 unspecified atom stereocenters. The smallest absolute Gasteiger partial charge is 0.191 e. The maximum atomic E-state index is 4.61. The molecule has 0 saturated heterocycles. The average Bonchev–Trinajstić information content (AvgIpc) is 2.70. The zero-order chi connectivity index (χ0) is 14.1. The van der Waals surface area contributed by atoms with Crippen LogP contribution in [0.4, 0.5) is 0 Å². The van der Waals surface area contributed by atoms with Crippen LogP contribution in [0.1, 0.15) is 28.9 Å². The molecule has 0 spiro atoms. The van der Waals surface area contributed by atoms with Gasteiger partial charge in [0, 0.05) is 18.0 Å². The van der Waals surface area contributed by atoms with E-state index >= 15 is 0 Å². The third-order valence-electron chi connectivity index (χ3n) is 2.54. The van der Waals surface area contributed by atoms with Crippen molar-refractivity contribution in [3.05, 3.63) is 15.6 Å². The van der Waals surface area contributed by atoms with Crippen LogP contribution in [-0.2, 0) is 6.54 Å². The second kappa shape index (κ2) is 9.20. The first-order chi connectivity index (χ1) is 9.17. The molecule has 0 aromatic carbocycles. The van der Waals surface area contributed by atoms with Gasteiger partial charge in [0.15, 0.2) is 5.96 Å². The molecule has 0 saturated carbocycles. The molecule has 4 nitrogen and oxygen atoms in total. The largest absolute Gasteiger partial charge is 0.357 e. The van der Waals surface area contributed by atoms with Crippen molar-refractivity contribution >= 4 is 29.1 Å². The van der Waals surface area contributed by atoms with Gasteiger partial charge in [-0.2, -0.15) is 11.8 Å². The lowest BCUT2D eigenvalue weighted by atomic mass is 10.4. The summed E-state index contributed by atoms with van der Waals surface area (Å²) in [5.41, 5.74) is 1.10. The Hall–Kier alpha value is -0.750. The number of hydrogen-bond acceptors (Lipinski definition) is 4. The molecule has 0 aliphatic heterocycles. The van der Waals surface area contributed by atoms with E-state index < -0.39 is 0 Å². The summed E-state index contributed by atoms with van der Waals surface area (Å²) in [5.74, 6) is 2.08. The van der Waals surface area contributed by atoms with Crippen molar-refractivity contribution in [1.29, 1.82) is 0 Å². The number of thioether (sulfide) groups is 1. The number of nitrogens with one attached hydrogen (secondary N) is 2. The van der Waals surface area contributed by atoms with E-state index in [1.165, 1.54) is 10.6 Å². The Morgan fingerprint density at radius 1 is 1.37 bits per heavy atom. The number of rotatable bonds is 7. The van der Waals surface area contributed by atoms with Crippen LogP contribution in [0.25, 0.3) is 0 Å². The van der Waals surface area contributed by atoms with Crippen molar-refractivity contribution in [3.8, 4) is 0 Å². The van der Waals surface area contributed by atoms with Crippen molar-refractivity contribution < 1.29 is 0 Å². The third-order valence-corrected chi connectivity index (χ3v) is 4.30. The minimum absolute atomic E-state index is 0.704. The molecule has 19 heavy (non-hydrogen) atoms. The topological polar surface area (TPSA) is 49.3 Å². The fourth-order valence-electron chi connectivity index (χ4n) is 1.64. The lowest BCUT2D eigenvalue weighted by Gasteiger charge is -2.10. The first kappa shape index (κ1) is 16.3. The molecule has 6 heteroatoms. The molecule has 0 atom stereocenters. The fraction of sp³-hybridized carbons (Fsp3) is 0.692. The highest BCUT2D eigenvalue weighted by Crippen LogP contribution is 2.17. The van der Waals surface area contributed by atoms with Gasteiger partial charge in [0.1, 0.15) is 0 Å². The maximum Gasteiger partial charge on any atom is 0.191 e. The standard InChI is InChI=1S/C13H24N4S2/c1-5-14-13(15-7-6-8-18-4)16-9-12-10(2)17-11(3)19-12/h5-9H2,1-4H3,(H2,14,15,16). The predicted molar refractivity (Wildman–Crippen MR) is 87.4 cm³/mol. The average molecular weight is 300 g/mol. The summed E-state index contributed by atoms with van der Waals surface area (Å²) in [4.78, 5) is 10.3. The van der Waals surface area contributed by atoms with Gasteiger partial charge >= 0.3 is 0 Å². The lowest BCUT2D eigenvalue weighted by molar-refractivity contribution is 0.790. The van der Waals surface area contributed by atoms with Crippen LogP contribution in [-0.4, -0.2) is 36.0 Å². The van der Waals surface area contributed by atoms with Gasteiger partial charge < -0.3 is 10.6 Å². The van der Waals surface area contributed by atoms with E-state index in [4.69, 9.17) is 0 Å². The highest BCUT2D eigenvalue weighted by atomic mass is 32.2. The molecule has 1 heterocycles. The molecular formula is C13H24N4S2. The van der Waals surface area contributed by atoms with E-state index in [9.17, 15) is 0 Å². The van der Waals surface area contributed by atoms with Gasteiger partial charge in [-0.25, -0.2) is 9.98 Å². The zero-order valence-corrected chi connectivity index (χ0v) is 13.9. The molecule has 0 bridgehead atoms. The van der Waals surface area contributed by atoms with Gasteiger partial charge in [-0.05, 0) is 39.2 Å². The number of nitrogens with zero attached hydrogens (tertiary/aromatic N) is 2. The highest BCUT2D eigenvalue weighted by Gasteiger charge is 2.04. The predicted octanol–water partition coefficient (Wildman–Crippen LogP) is 2.57. The molecule has 0 aliphatic rings. The molecule has 0 fully saturated rings. The van der Waals surface area contributed by atoms with Crippen LogP contribution >= 0.6 is 23.1 Å². The molecule has 1 rings (SSSR count). The molecule has 0 aliphatic carbocycles. The maximum absolute atomic E-state index is 4.61. The second-order valence-electron chi connectivity index (χ2n) is 4.21. The van der Waals surface area contributed by atoms with Gasteiger partial charge in [-0.1, -0.05) is 0 Å². The zero-order valence-electron chi connectivity index (χ0n) is 12.2. The molecule has 108 valence electrons. The van der Waals surface area contributed by atoms with Gasteiger partial charge in [0.25, 0.3) is 0 Å². The van der Waals surface area contributed by atoms with Crippen LogP contribution in [0.2, 0.25) is 0 Å². The van der Waals surface area contributed by atoms with Crippen LogP contribution in [0.15, 0.2) is 4.99 Å². The van der Waals surface area contributed by atoms with E-state index in [1.54, 1.807) is 11.3 Å². The van der Waals surface area contributed by atoms with E-state index in [0.717, 1.165) is 36.2 Å². The second-order valence-corrected chi connectivity index (χ2v) is 6.48. The molecular weight excluding hydrogens is 276 g/mol. The molecule has 0 amide bonds. The third kappa shape index (κ3) is 6.29. The summed E-state index contributed by atoms with van der Waals surface area (Å²) in [6.45, 7) is 8.72. The van der Waals surface area contributed by atoms with Crippen molar-refractivity contribution in [1.82, 2.24) is 15.6 Å². The Balaban J connectivity index is 2.50. The first-order valence-electron chi connectivity index (χ1n) is 6.61. The van der Waals surface area contributed by atoms with Crippen molar-refractivity contribution in [2.75, 3.05) is 25.1 Å². The summed E-state index contributed by atoms with van der Waals surface area (Å²) in [7, 11) is 0. The van der Waals surface area contributed by atoms with Gasteiger partial charge in [0.2, 0.25) is 0 Å². The van der Waals surface area contributed by atoms with Gasteiger partial charge in [-0.3, -0.25) is 0 Å². The summed E-state index contributed by atoms with van der Waals surface area (Å²) >= 11 is 3.60. The summed E-state index contributed by atoms with van der Waals surface area (Å²) in [5, 5.41) is 7.75. The van der Waals surface area contributed by atoms with E-state index in [-0.39, 0.29) is 0 Å². The molecule has 1 aromatic rings. The molecule has 2 N–H and O–H groups in total. The van der Waals surface area contributed by atoms with Crippen LogP contribution in [0.5, 0.6) is 0 Å². The van der Waals surface area contributed by atoms with Gasteiger partial charge in [-0.15, -0.1) is 11.3 Å². The Bertz CT molecular complexity index is 401. The Kier molecular flexibility index (Phi) is 7.90. The van der Waals surface area contributed by atoms with Crippen molar-refractivity contribution in [3.63, 3.8) is 0 Å². The minimum Gasteiger partial charge on any atom is -0.357 e. The Morgan fingerprint density at radius 2 is 2.16 bits per heavy atom. The number of aryl methyl sites for hydroxylation is 2. The van der Waals surface area contributed by atoms with Crippen LogP contribution in [0.3, 0.4) is 0 Å². The van der Waals surface area contributed by atoms with Crippen molar-refractivity contribution in [2.24, 2.45) is 4.99 Å². The molecule has 1 aromatic heterocycles. The quantitative estimate of drug-likeness (QED) is 0.462. The Morgan fingerprint density at radius 3 is 2.74 bits per heavy atom. The first-order valence-corrected chi connectivity index (χ1v) is 8.82. The number of thiazole rings is 1. The van der Waals surface area contributed by atoms with Crippen LogP contribution < -0.4 is 10.6 Å². The number of hydrogen-bond donors (Lipinski definition) is 2. The lowest BCUT2D eigenvalue weighted by Crippen LogP contribution is -2.37. The van der Waals surface area contributed by atoms with E-state index in [2.05, 4.69) is 33.8 Å². The summed E-state index contributed by atoms with van der Waals surface area (Å²) < 4.78 is 0. The summed E-state index contributed by atoms with van der Waals surface area (Å²) in [6, 6.07) is 0. The number of guanidine groups is 1. The highest BCUT2D eigenvalue weighted by molar-refractivity contribution is 7.98. The van der Waals surface area contributed by atoms with Gasteiger partial charge in [0.05, 0.1) is 17.2 Å². The van der Waals surface area contributed by atoms with Crippen molar-refractivity contribution in [2.45, 2.75) is 33.7 Å². The number of aliphatic imine (C=N–C) groups is 1. The monoisotopic (exact) mass is 300 g/mol. The summed E-state index contributed by atoms with van der Waals surface area (Å²) in [6.07, 6.45) is 3.29. The SMILES string of the molecule is CCNC(=NCc1sc(C)nc1C)NCCCSC. The number of aromatic nitrogens is 1. The minimum atomic E-state index is 0.704. The fourth-order valence-corrected chi connectivity index (χ4v) is 2.93. The molecule has 0 radical (unpaired) electrons.